The summed E-state index contributed by atoms with van der Waals surface area (Å²) in [6.45, 7) is 2.65. The summed E-state index contributed by atoms with van der Waals surface area (Å²) >= 11 is 3.50. The van der Waals surface area contributed by atoms with E-state index >= 15 is 0 Å². The van der Waals surface area contributed by atoms with Crippen LogP contribution in [0.25, 0.3) is 0 Å². The van der Waals surface area contributed by atoms with Crippen LogP contribution in [0.1, 0.15) is 34.3 Å². The fraction of sp³-hybridized carbons (Fsp3) is 0.294. The molecule has 1 aliphatic carbocycles. The van der Waals surface area contributed by atoms with Gasteiger partial charge in [-0.05, 0) is 65.5 Å². The third-order valence-electron chi connectivity index (χ3n) is 3.70. The average molecular weight is 345 g/mol. The maximum absolute atomic E-state index is 12.9. The number of aryl methyl sites for hydroxylation is 1. The minimum atomic E-state index is 0.102. The highest BCUT2D eigenvalue weighted by Crippen LogP contribution is 2.31. The minimum absolute atomic E-state index is 0.102. The molecule has 21 heavy (non-hydrogen) atoms. The van der Waals surface area contributed by atoms with Crippen molar-refractivity contribution < 1.29 is 4.79 Å². The van der Waals surface area contributed by atoms with E-state index in [0.29, 0.717) is 12.6 Å². The van der Waals surface area contributed by atoms with E-state index in [1.807, 2.05) is 42.2 Å². The van der Waals surface area contributed by atoms with Gasteiger partial charge in [0.1, 0.15) is 0 Å². The van der Waals surface area contributed by atoms with E-state index in [4.69, 9.17) is 0 Å². The first-order chi connectivity index (χ1) is 10.1. The second kappa shape index (κ2) is 5.98. The van der Waals surface area contributed by atoms with Gasteiger partial charge in [0.05, 0.1) is 5.56 Å². The molecule has 1 aliphatic rings. The summed E-state index contributed by atoms with van der Waals surface area (Å²) in [4.78, 5) is 18.9. The number of carbonyl (C=O) groups excluding carboxylic acids is 1. The minimum Gasteiger partial charge on any atom is -0.331 e. The van der Waals surface area contributed by atoms with Gasteiger partial charge in [-0.15, -0.1) is 0 Å². The van der Waals surface area contributed by atoms with Crippen molar-refractivity contribution in [2.24, 2.45) is 0 Å². The van der Waals surface area contributed by atoms with Crippen molar-refractivity contribution in [3.63, 3.8) is 0 Å². The summed E-state index contributed by atoms with van der Waals surface area (Å²) < 4.78 is 0.860. The third-order valence-corrected chi connectivity index (χ3v) is 4.39. The van der Waals surface area contributed by atoms with E-state index < -0.39 is 0 Å². The number of hydrogen-bond acceptors (Lipinski definition) is 2. The lowest BCUT2D eigenvalue weighted by Gasteiger charge is -2.23. The Morgan fingerprint density at radius 1 is 1.29 bits per heavy atom. The third kappa shape index (κ3) is 3.32. The Balaban J connectivity index is 1.87. The summed E-state index contributed by atoms with van der Waals surface area (Å²) in [5.41, 5.74) is 2.96. The number of benzene rings is 1. The average Bonchev–Trinajstić information content (AvgIpc) is 3.32. The van der Waals surface area contributed by atoms with Gasteiger partial charge in [0.15, 0.2) is 0 Å². The van der Waals surface area contributed by atoms with Crippen molar-refractivity contribution in [3.05, 3.63) is 63.9 Å². The maximum atomic E-state index is 12.9. The topological polar surface area (TPSA) is 33.2 Å². The molecule has 3 nitrogen and oxygen atoms in total. The van der Waals surface area contributed by atoms with Gasteiger partial charge in [-0.1, -0.05) is 11.6 Å². The first kappa shape index (κ1) is 14.3. The van der Waals surface area contributed by atoms with E-state index in [1.165, 1.54) is 0 Å². The van der Waals surface area contributed by atoms with Crippen molar-refractivity contribution in [2.45, 2.75) is 32.4 Å². The molecule has 108 valence electrons. The highest BCUT2D eigenvalue weighted by molar-refractivity contribution is 9.10. The van der Waals surface area contributed by atoms with E-state index in [0.717, 1.165) is 34.0 Å². The van der Waals surface area contributed by atoms with Gasteiger partial charge in [-0.25, -0.2) is 0 Å². The molecule has 1 heterocycles. The van der Waals surface area contributed by atoms with Gasteiger partial charge in [0.25, 0.3) is 5.91 Å². The Hall–Kier alpha value is -1.68. The number of nitrogens with zero attached hydrogens (tertiary/aromatic N) is 2. The zero-order valence-electron chi connectivity index (χ0n) is 11.9. The van der Waals surface area contributed by atoms with Crippen molar-refractivity contribution in [2.75, 3.05) is 0 Å². The monoisotopic (exact) mass is 344 g/mol. The molecule has 1 aromatic carbocycles. The lowest BCUT2D eigenvalue weighted by atomic mass is 10.1. The van der Waals surface area contributed by atoms with Crippen LogP contribution in [-0.4, -0.2) is 21.8 Å². The van der Waals surface area contributed by atoms with Crippen LogP contribution in [-0.2, 0) is 6.54 Å². The first-order valence-electron chi connectivity index (χ1n) is 7.11. The highest BCUT2D eigenvalue weighted by atomic mass is 79.9. The normalized spacial score (nSPS) is 14.0. The molecule has 3 rings (SSSR count). The predicted molar refractivity (Wildman–Crippen MR) is 86.0 cm³/mol. The maximum Gasteiger partial charge on any atom is 0.255 e. The molecule has 1 fully saturated rings. The second-order valence-electron chi connectivity index (χ2n) is 5.50. The first-order valence-corrected chi connectivity index (χ1v) is 7.90. The number of carbonyl (C=O) groups is 1. The lowest BCUT2D eigenvalue weighted by Crippen LogP contribution is -2.32. The van der Waals surface area contributed by atoms with Crippen LogP contribution in [0.4, 0.5) is 0 Å². The molecule has 0 radical (unpaired) electrons. The Kier molecular flexibility index (Phi) is 4.06. The highest BCUT2D eigenvalue weighted by Gasteiger charge is 2.33. The summed E-state index contributed by atoms with van der Waals surface area (Å²) in [6, 6.07) is 10.2. The molecule has 1 amide bonds. The molecule has 0 saturated heterocycles. The molecule has 0 atom stereocenters. The standard InChI is InChI=1S/C17H17BrN2O/c1-12-2-5-16(18)15(10-12)17(21)20(14-3-4-14)11-13-6-8-19-9-7-13/h2,5-10,14H,3-4,11H2,1H3. The van der Waals surface area contributed by atoms with Crippen LogP contribution in [0.15, 0.2) is 47.2 Å². The SMILES string of the molecule is Cc1ccc(Br)c(C(=O)N(Cc2ccncc2)C2CC2)c1. The van der Waals surface area contributed by atoms with Crippen LogP contribution in [0.5, 0.6) is 0 Å². The number of pyridine rings is 1. The zero-order chi connectivity index (χ0) is 14.8. The quantitative estimate of drug-likeness (QED) is 0.840. The number of hydrogen-bond donors (Lipinski definition) is 0. The molecular weight excluding hydrogens is 328 g/mol. The van der Waals surface area contributed by atoms with E-state index in [9.17, 15) is 4.79 Å². The molecule has 0 unspecified atom stereocenters. The number of amides is 1. The lowest BCUT2D eigenvalue weighted by molar-refractivity contribution is 0.0729. The molecule has 0 bridgehead atoms. The molecule has 0 aliphatic heterocycles. The summed E-state index contributed by atoms with van der Waals surface area (Å²) in [5, 5.41) is 0. The second-order valence-corrected chi connectivity index (χ2v) is 6.36. The fourth-order valence-electron chi connectivity index (χ4n) is 2.40. The van der Waals surface area contributed by atoms with Gasteiger partial charge < -0.3 is 4.90 Å². The molecule has 1 saturated carbocycles. The smallest absolute Gasteiger partial charge is 0.255 e. The van der Waals surface area contributed by atoms with Crippen molar-refractivity contribution in [1.29, 1.82) is 0 Å². The van der Waals surface area contributed by atoms with E-state index in [1.54, 1.807) is 12.4 Å². The van der Waals surface area contributed by atoms with E-state index in [-0.39, 0.29) is 5.91 Å². The van der Waals surface area contributed by atoms with Gasteiger partial charge in [-0.2, -0.15) is 0 Å². The number of aromatic nitrogens is 1. The molecule has 0 spiro atoms. The predicted octanol–water partition coefficient (Wildman–Crippen LogP) is 3.96. The molecule has 2 aromatic rings. The van der Waals surface area contributed by atoms with E-state index in [2.05, 4.69) is 20.9 Å². The van der Waals surface area contributed by atoms with Gasteiger partial charge in [0, 0.05) is 29.5 Å². The van der Waals surface area contributed by atoms with Crippen LogP contribution in [0.3, 0.4) is 0 Å². The van der Waals surface area contributed by atoms with Crippen LogP contribution < -0.4 is 0 Å². The largest absolute Gasteiger partial charge is 0.331 e. The van der Waals surface area contributed by atoms with Gasteiger partial charge in [-0.3, -0.25) is 9.78 Å². The van der Waals surface area contributed by atoms with Crippen LogP contribution in [0.2, 0.25) is 0 Å². The fourth-order valence-corrected chi connectivity index (χ4v) is 2.81. The molecule has 1 aromatic heterocycles. The van der Waals surface area contributed by atoms with Gasteiger partial charge >= 0.3 is 0 Å². The summed E-state index contributed by atoms with van der Waals surface area (Å²) in [5.74, 6) is 0.102. The molecular formula is C17H17BrN2O. The van der Waals surface area contributed by atoms with Crippen molar-refractivity contribution in [1.82, 2.24) is 9.88 Å². The van der Waals surface area contributed by atoms with Crippen molar-refractivity contribution in [3.8, 4) is 0 Å². The number of rotatable bonds is 4. The van der Waals surface area contributed by atoms with Crippen LogP contribution in [0, 0.1) is 6.92 Å². The molecule has 4 heteroatoms. The Bertz CT molecular complexity index is 653. The Labute approximate surface area is 133 Å². The van der Waals surface area contributed by atoms with Crippen molar-refractivity contribution >= 4 is 21.8 Å². The zero-order valence-corrected chi connectivity index (χ0v) is 13.5. The number of halogens is 1. The Morgan fingerprint density at radius 3 is 2.67 bits per heavy atom. The Morgan fingerprint density at radius 2 is 2.00 bits per heavy atom. The molecule has 0 N–H and O–H groups in total. The van der Waals surface area contributed by atoms with Crippen LogP contribution >= 0.6 is 15.9 Å². The summed E-state index contributed by atoms with van der Waals surface area (Å²) in [7, 11) is 0. The summed E-state index contributed by atoms with van der Waals surface area (Å²) in [6.07, 6.45) is 5.74. The van der Waals surface area contributed by atoms with Gasteiger partial charge in [0.2, 0.25) is 0 Å².